The van der Waals surface area contributed by atoms with Gasteiger partial charge in [0.2, 0.25) is 10.0 Å². The molecule has 0 spiro atoms. The minimum Gasteiger partial charge on any atom is -0.363 e. The summed E-state index contributed by atoms with van der Waals surface area (Å²) in [6, 6.07) is 12.8. The van der Waals surface area contributed by atoms with Gasteiger partial charge in [0, 0.05) is 8.95 Å². The lowest BCUT2D eigenvalue weighted by atomic mass is 10.1. The number of fused-ring (bicyclic) bond motifs is 1. The monoisotopic (exact) mass is 416 g/mol. The van der Waals surface area contributed by atoms with Crippen LogP contribution in [0.3, 0.4) is 0 Å². The first kappa shape index (κ1) is 14.1. The predicted molar refractivity (Wildman–Crippen MR) is 85.0 cm³/mol. The van der Waals surface area contributed by atoms with E-state index < -0.39 is 16.2 Å². The van der Waals surface area contributed by atoms with Gasteiger partial charge in [0.05, 0.1) is 5.69 Å². The molecule has 1 heterocycles. The number of hydrogen-bond donors (Lipinski definition) is 2. The molecule has 0 radical (unpaired) electrons. The third kappa shape index (κ3) is 2.50. The molecule has 0 amide bonds. The lowest BCUT2D eigenvalue weighted by Crippen LogP contribution is -2.38. The topological polar surface area (TPSA) is 58.2 Å². The SMILES string of the molecule is O=S1(=O)NC(c2ccccc2)Nc2c(Br)cc(Br)cc21. The fourth-order valence-electron chi connectivity index (χ4n) is 2.09. The summed E-state index contributed by atoms with van der Waals surface area (Å²) in [7, 11) is -3.56. The van der Waals surface area contributed by atoms with Gasteiger partial charge < -0.3 is 5.32 Å². The quantitative estimate of drug-likeness (QED) is 0.744. The van der Waals surface area contributed by atoms with E-state index in [0.29, 0.717) is 14.6 Å². The van der Waals surface area contributed by atoms with Gasteiger partial charge in [-0.2, -0.15) is 4.72 Å². The Balaban J connectivity index is 2.13. The summed E-state index contributed by atoms with van der Waals surface area (Å²) in [5.74, 6) is 0. The lowest BCUT2D eigenvalue weighted by Gasteiger charge is -2.29. The third-order valence-electron chi connectivity index (χ3n) is 3.00. The first-order valence-electron chi connectivity index (χ1n) is 5.80. The highest BCUT2D eigenvalue weighted by molar-refractivity contribution is 9.11. The van der Waals surface area contributed by atoms with Crippen LogP contribution in [0, 0.1) is 0 Å². The minimum absolute atomic E-state index is 0.228. The van der Waals surface area contributed by atoms with Gasteiger partial charge in [0.15, 0.2) is 0 Å². The van der Waals surface area contributed by atoms with Gasteiger partial charge in [0.25, 0.3) is 0 Å². The number of anilines is 1. The van der Waals surface area contributed by atoms with Gasteiger partial charge in [-0.05, 0) is 33.6 Å². The zero-order chi connectivity index (χ0) is 14.3. The van der Waals surface area contributed by atoms with Crippen LogP contribution in [0.1, 0.15) is 11.7 Å². The van der Waals surface area contributed by atoms with Crippen LogP contribution in [-0.2, 0) is 10.0 Å². The van der Waals surface area contributed by atoms with Crippen LogP contribution >= 0.6 is 31.9 Å². The molecule has 0 fully saturated rings. The maximum absolute atomic E-state index is 12.4. The van der Waals surface area contributed by atoms with Crippen LogP contribution in [0.25, 0.3) is 0 Å². The molecule has 2 aromatic rings. The van der Waals surface area contributed by atoms with Gasteiger partial charge in [-0.1, -0.05) is 46.3 Å². The summed E-state index contributed by atoms with van der Waals surface area (Å²) < 4.78 is 28.8. The summed E-state index contributed by atoms with van der Waals surface area (Å²) in [4.78, 5) is 0.228. The number of rotatable bonds is 1. The Bertz CT molecular complexity index is 763. The van der Waals surface area contributed by atoms with E-state index in [1.807, 2.05) is 36.4 Å². The Hall–Kier alpha value is -0.890. The molecule has 0 aliphatic carbocycles. The van der Waals surface area contributed by atoms with E-state index in [0.717, 1.165) is 5.56 Å². The van der Waals surface area contributed by atoms with Gasteiger partial charge in [-0.25, -0.2) is 8.42 Å². The Labute approximate surface area is 133 Å². The number of benzene rings is 2. The van der Waals surface area contributed by atoms with E-state index >= 15 is 0 Å². The molecule has 1 aliphatic heterocycles. The van der Waals surface area contributed by atoms with Crippen molar-refractivity contribution >= 4 is 47.6 Å². The van der Waals surface area contributed by atoms with Crippen molar-refractivity contribution in [2.24, 2.45) is 0 Å². The maximum Gasteiger partial charge on any atom is 0.244 e. The van der Waals surface area contributed by atoms with Crippen molar-refractivity contribution in [3.8, 4) is 0 Å². The molecule has 1 atom stereocenters. The Kier molecular flexibility index (Phi) is 3.62. The third-order valence-corrected chi connectivity index (χ3v) is 5.53. The van der Waals surface area contributed by atoms with Gasteiger partial charge in [-0.3, -0.25) is 0 Å². The van der Waals surface area contributed by atoms with Crippen molar-refractivity contribution in [2.75, 3.05) is 5.32 Å². The van der Waals surface area contributed by atoms with E-state index in [4.69, 9.17) is 0 Å². The minimum atomic E-state index is -3.56. The number of sulfonamides is 1. The number of hydrogen-bond acceptors (Lipinski definition) is 3. The summed E-state index contributed by atoms with van der Waals surface area (Å²) >= 11 is 6.70. The molecule has 1 aliphatic rings. The Morgan fingerprint density at radius 3 is 2.45 bits per heavy atom. The average Bonchev–Trinajstić information content (AvgIpc) is 2.40. The molecular weight excluding hydrogens is 408 g/mol. The molecule has 0 aromatic heterocycles. The fourth-order valence-corrected chi connectivity index (χ4v) is 5.07. The summed E-state index contributed by atoms with van der Waals surface area (Å²) in [6.45, 7) is 0. The molecule has 7 heteroatoms. The van der Waals surface area contributed by atoms with Crippen molar-refractivity contribution in [3.63, 3.8) is 0 Å². The molecule has 3 rings (SSSR count). The maximum atomic E-state index is 12.4. The first-order valence-corrected chi connectivity index (χ1v) is 8.87. The Morgan fingerprint density at radius 2 is 1.75 bits per heavy atom. The first-order chi connectivity index (χ1) is 9.47. The van der Waals surface area contributed by atoms with Crippen molar-refractivity contribution < 1.29 is 8.42 Å². The second kappa shape index (κ2) is 5.14. The molecule has 0 saturated carbocycles. The van der Waals surface area contributed by atoms with Gasteiger partial charge in [-0.15, -0.1) is 0 Å². The zero-order valence-corrected chi connectivity index (χ0v) is 14.1. The normalized spacial score (nSPS) is 20.0. The standard InChI is InChI=1S/C13H10Br2N2O2S/c14-9-6-10(15)12-11(7-9)20(18,19)17-13(16-12)8-4-2-1-3-5-8/h1-7,13,16-17H. The van der Waals surface area contributed by atoms with Crippen LogP contribution in [0.2, 0.25) is 0 Å². The highest BCUT2D eigenvalue weighted by atomic mass is 79.9. The van der Waals surface area contributed by atoms with Crippen LogP contribution in [0.5, 0.6) is 0 Å². The molecule has 2 aromatic carbocycles. The van der Waals surface area contributed by atoms with E-state index in [9.17, 15) is 8.42 Å². The van der Waals surface area contributed by atoms with Crippen molar-refractivity contribution in [3.05, 3.63) is 57.0 Å². The number of halogens is 2. The number of nitrogens with one attached hydrogen (secondary N) is 2. The smallest absolute Gasteiger partial charge is 0.244 e. The zero-order valence-electron chi connectivity index (χ0n) is 10.1. The van der Waals surface area contributed by atoms with Gasteiger partial charge in [0.1, 0.15) is 11.1 Å². The predicted octanol–water partition coefficient (Wildman–Crippen LogP) is 3.61. The molecule has 104 valence electrons. The highest BCUT2D eigenvalue weighted by Gasteiger charge is 2.31. The van der Waals surface area contributed by atoms with Crippen molar-refractivity contribution in [1.29, 1.82) is 0 Å². The van der Waals surface area contributed by atoms with Crippen LogP contribution in [0.4, 0.5) is 5.69 Å². The van der Waals surface area contributed by atoms with E-state index in [1.165, 1.54) is 0 Å². The molecule has 20 heavy (non-hydrogen) atoms. The molecular formula is C13H10Br2N2O2S. The molecule has 2 N–H and O–H groups in total. The van der Waals surface area contributed by atoms with Crippen molar-refractivity contribution in [1.82, 2.24) is 4.72 Å². The highest BCUT2D eigenvalue weighted by Crippen LogP contribution is 2.38. The second-order valence-electron chi connectivity index (χ2n) is 4.37. The summed E-state index contributed by atoms with van der Waals surface area (Å²) in [6.07, 6.45) is -0.480. The molecule has 0 saturated heterocycles. The summed E-state index contributed by atoms with van der Waals surface area (Å²) in [5.41, 5.74) is 1.43. The van der Waals surface area contributed by atoms with Gasteiger partial charge >= 0.3 is 0 Å². The van der Waals surface area contributed by atoms with Crippen LogP contribution < -0.4 is 10.0 Å². The summed E-state index contributed by atoms with van der Waals surface area (Å²) in [5, 5.41) is 3.21. The van der Waals surface area contributed by atoms with Crippen LogP contribution in [-0.4, -0.2) is 8.42 Å². The van der Waals surface area contributed by atoms with Crippen LogP contribution in [0.15, 0.2) is 56.3 Å². The Morgan fingerprint density at radius 1 is 1.05 bits per heavy atom. The molecule has 0 bridgehead atoms. The fraction of sp³-hybridized carbons (Fsp3) is 0.0769. The lowest BCUT2D eigenvalue weighted by molar-refractivity contribution is 0.562. The molecule has 1 unspecified atom stereocenters. The average molecular weight is 418 g/mol. The van der Waals surface area contributed by atoms with Crippen molar-refractivity contribution in [2.45, 2.75) is 11.1 Å². The van der Waals surface area contributed by atoms with E-state index in [2.05, 4.69) is 41.9 Å². The second-order valence-corrected chi connectivity index (χ2v) is 7.82. The molecule has 4 nitrogen and oxygen atoms in total. The van der Waals surface area contributed by atoms with E-state index in [-0.39, 0.29) is 4.90 Å². The van der Waals surface area contributed by atoms with E-state index in [1.54, 1.807) is 6.07 Å². The largest absolute Gasteiger partial charge is 0.363 e.